The minimum Gasteiger partial charge on any atom is -0.389 e. The fourth-order valence-corrected chi connectivity index (χ4v) is 3.80. The molecule has 4 aromatic rings. The van der Waals surface area contributed by atoms with Gasteiger partial charge in [0.15, 0.2) is 0 Å². The molecule has 1 saturated heterocycles. The number of anilines is 2. The zero-order valence-corrected chi connectivity index (χ0v) is 17.2. The summed E-state index contributed by atoms with van der Waals surface area (Å²) in [7, 11) is 0. The predicted octanol–water partition coefficient (Wildman–Crippen LogP) is 3.22. The fraction of sp³-hybridized carbons (Fsp3) is 0.208. The fourth-order valence-electron chi connectivity index (χ4n) is 3.80. The Morgan fingerprint density at radius 3 is 2.65 bits per heavy atom. The van der Waals surface area contributed by atoms with Crippen LogP contribution in [0, 0.1) is 6.92 Å². The van der Waals surface area contributed by atoms with Crippen LogP contribution in [0.5, 0.6) is 0 Å². The van der Waals surface area contributed by atoms with Crippen LogP contribution in [-0.4, -0.2) is 44.7 Å². The minimum atomic E-state index is -0.287. The van der Waals surface area contributed by atoms with Gasteiger partial charge in [0.25, 0.3) is 5.91 Å². The largest absolute Gasteiger partial charge is 0.389 e. The molecule has 1 fully saturated rings. The van der Waals surface area contributed by atoms with Crippen molar-refractivity contribution < 1.29 is 9.90 Å². The third kappa shape index (κ3) is 3.87. The van der Waals surface area contributed by atoms with Gasteiger partial charge in [-0.3, -0.25) is 4.79 Å². The average Bonchev–Trinajstić information content (AvgIpc) is 3.12. The molecular formula is C24H23N5O2. The van der Waals surface area contributed by atoms with Crippen LogP contribution in [0.25, 0.3) is 11.0 Å². The molecule has 0 radical (unpaired) electrons. The topological polar surface area (TPSA) is 83.3 Å². The van der Waals surface area contributed by atoms with Crippen molar-refractivity contribution in [2.24, 2.45) is 0 Å². The van der Waals surface area contributed by atoms with Crippen LogP contribution in [-0.2, 0) is 6.54 Å². The lowest BCUT2D eigenvalue weighted by atomic mass is 10.1. The number of β-amino-alcohol motifs (C(OH)–C–C–N with tert-alkyl or cyclic N) is 1. The van der Waals surface area contributed by atoms with E-state index in [2.05, 4.69) is 46.5 Å². The second-order valence-corrected chi connectivity index (χ2v) is 7.94. The van der Waals surface area contributed by atoms with E-state index in [0.29, 0.717) is 31.0 Å². The maximum Gasteiger partial charge on any atom is 0.272 e. The Balaban J connectivity index is 1.41. The van der Waals surface area contributed by atoms with Crippen LogP contribution in [0.15, 0.2) is 67.0 Å². The van der Waals surface area contributed by atoms with Crippen molar-refractivity contribution in [3.8, 4) is 0 Å². The molecule has 0 bridgehead atoms. The van der Waals surface area contributed by atoms with Crippen LogP contribution in [0.1, 0.15) is 21.6 Å². The van der Waals surface area contributed by atoms with E-state index in [9.17, 15) is 9.90 Å². The van der Waals surface area contributed by atoms with E-state index in [0.717, 1.165) is 22.4 Å². The second kappa shape index (κ2) is 7.85. The zero-order valence-electron chi connectivity index (χ0n) is 17.2. The summed E-state index contributed by atoms with van der Waals surface area (Å²) in [6.45, 7) is 3.78. The number of benzene rings is 1. The van der Waals surface area contributed by atoms with Crippen LogP contribution < -0.4 is 10.2 Å². The molecule has 156 valence electrons. The summed E-state index contributed by atoms with van der Waals surface area (Å²) in [5.41, 5.74) is 4.24. The molecule has 1 aliphatic rings. The van der Waals surface area contributed by atoms with Crippen molar-refractivity contribution in [1.29, 1.82) is 0 Å². The van der Waals surface area contributed by atoms with Gasteiger partial charge in [-0.25, -0.2) is 9.97 Å². The van der Waals surface area contributed by atoms with Crippen molar-refractivity contribution in [1.82, 2.24) is 14.5 Å². The Kier molecular flexibility index (Phi) is 4.88. The molecule has 0 aliphatic carbocycles. The highest BCUT2D eigenvalue weighted by Gasteiger charge is 2.25. The lowest BCUT2D eigenvalue weighted by Gasteiger charge is -2.36. The highest BCUT2D eigenvalue weighted by atomic mass is 16.3. The first kappa shape index (κ1) is 19.3. The van der Waals surface area contributed by atoms with Gasteiger partial charge < -0.3 is 19.9 Å². The number of aliphatic hydroxyl groups is 1. The summed E-state index contributed by atoms with van der Waals surface area (Å²) in [6.07, 6.45) is 3.10. The van der Waals surface area contributed by atoms with Crippen molar-refractivity contribution >= 4 is 28.4 Å². The summed E-state index contributed by atoms with van der Waals surface area (Å²) < 4.78 is 1.94. The number of carbonyl (C=O) groups excluding carboxylic acids is 1. The van der Waals surface area contributed by atoms with Gasteiger partial charge in [0.05, 0.1) is 18.0 Å². The highest BCUT2D eigenvalue weighted by molar-refractivity contribution is 6.06. The Labute approximate surface area is 180 Å². The molecule has 7 nitrogen and oxygen atoms in total. The van der Waals surface area contributed by atoms with Crippen molar-refractivity contribution in [2.45, 2.75) is 19.6 Å². The molecule has 2 N–H and O–H groups in total. The van der Waals surface area contributed by atoms with E-state index in [1.807, 2.05) is 39.8 Å². The van der Waals surface area contributed by atoms with E-state index >= 15 is 0 Å². The summed E-state index contributed by atoms with van der Waals surface area (Å²) in [5.74, 6) is 0.583. The molecule has 3 aromatic heterocycles. The number of fused-ring (bicyclic) bond motifs is 1. The maximum atomic E-state index is 13.1. The normalized spacial score (nSPS) is 13.9. The number of nitrogens with zero attached hydrogens (tertiary/aromatic N) is 4. The van der Waals surface area contributed by atoms with E-state index in [1.165, 1.54) is 5.56 Å². The number of pyridine rings is 2. The van der Waals surface area contributed by atoms with Crippen molar-refractivity contribution in [2.75, 3.05) is 23.3 Å². The third-order valence-electron chi connectivity index (χ3n) is 5.54. The smallest absolute Gasteiger partial charge is 0.272 e. The highest BCUT2D eigenvalue weighted by Crippen LogP contribution is 2.23. The number of nitrogens with one attached hydrogen (secondary N) is 1. The zero-order chi connectivity index (χ0) is 21.4. The minimum absolute atomic E-state index is 0.209. The molecular weight excluding hydrogens is 390 g/mol. The number of carbonyl (C=O) groups is 1. The van der Waals surface area contributed by atoms with Gasteiger partial charge in [0, 0.05) is 31.2 Å². The lowest BCUT2D eigenvalue weighted by molar-refractivity contribution is 0.101. The quantitative estimate of drug-likeness (QED) is 0.525. The first-order valence-corrected chi connectivity index (χ1v) is 10.3. The van der Waals surface area contributed by atoms with Gasteiger partial charge in [0.2, 0.25) is 0 Å². The molecule has 0 spiro atoms. The molecule has 1 amide bonds. The molecule has 0 unspecified atom stereocenters. The van der Waals surface area contributed by atoms with E-state index in [1.54, 1.807) is 12.4 Å². The summed E-state index contributed by atoms with van der Waals surface area (Å²) >= 11 is 0. The standard InChI is InChI=1S/C24H23N5O2/c1-16-4-6-17(7-5-16)13-29-21(11-18-3-2-10-25-23(18)29)24(31)27-19-8-9-22(26-12-19)28-14-20(30)15-28/h2-12,20,30H,13-15H2,1H3,(H,27,31). The van der Waals surface area contributed by atoms with Crippen LogP contribution in [0.3, 0.4) is 0 Å². The number of rotatable bonds is 5. The third-order valence-corrected chi connectivity index (χ3v) is 5.54. The first-order valence-electron chi connectivity index (χ1n) is 10.3. The number of aromatic nitrogens is 3. The molecule has 4 heterocycles. The monoisotopic (exact) mass is 413 g/mol. The number of aliphatic hydroxyl groups excluding tert-OH is 1. The van der Waals surface area contributed by atoms with Gasteiger partial charge >= 0.3 is 0 Å². The Bertz CT molecular complexity index is 1230. The first-order chi connectivity index (χ1) is 15.1. The number of aryl methyl sites for hydroxylation is 1. The predicted molar refractivity (Wildman–Crippen MR) is 120 cm³/mol. The van der Waals surface area contributed by atoms with Gasteiger partial charge in [-0.2, -0.15) is 0 Å². The maximum absolute atomic E-state index is 13.1. The summed E-state index contributed by atoms with van der Waals surface area (Å²) in [4.78, 5) is 24.0. The number of amides is 1. The number of hydrogen-bond donors (Lipinski definition) is 2. The Hall–Kier alpha value is -3.71. The molecule has 1 aromatic carbocycles. The van der Waals surface area contributed by atoms with E-state index in [4.69, 9.17) is 0 Å². The van der Waals surface area contributed by atoms with Gasteiger partial charge in [-0.05, 0) is 42.8 Å². The van der Waals surface area contributed by atoms with Crippen LogP contribution in [0.2, 0.25) is 0 Å². The second-order valence-electron chi connectivity index (χ2n) is 7.94. The summed E-state index contributed by atoms with van der Waals surface area (Å²) in [6, 6.07) is 17.7. The van der Waals surface area contributed by atoms with E-state index < -0.39 is 0 Å². The molecule has 1 aliphatic heterocycles. The number of hydrogen-bond acceptors (Lipinski definition) is 5. The molecule has 7 heteroatoms. The van der Waals surface area contributed by atoms with Gasteiger partial charge in [-0.15, -0.1) is 0 Å². The van der Waals surface area contributed by atoms with Crippen LogP contribution in [0.4, 0.5) is 11.5 Å². The molecule has 31 heavy (non-hydrogen) atoms. The van der Waals surface area contributed by atoms with Gasteiger partial charge in [-0.1, -0.05) is 29.8 Å². The van der Waals surface area contributed by atoms with Gasteiger partial charge in [0.1, 0.15) is 17.2 Å². The average molecular weight is 413 g/mol. The SMILES string of the molecule is Cc1ccc(Cn2c(C(=O)Nc3ccc(N4CC(O)C4)nc3)cc3cccnc32)cc1. The van der Waals surface area contributed by atoms with Crippen molar-refractivity contribution in [3.05, 3.63) is 83.8 Å². The molecule has 5 rings (SSSR count). The lowest BCUT2D eigenvalue weighted by Crippen LogP contribution is -2.51. The van der Waals surface area contributed by atoms with Crippen LogP contribution >= 0.6 is 0 Å². The van der Waals surface area contributed by atoms with Crippen molar-refractivity contribution in [3.63, 3.8) is 0 Å². The molecule has 0 saturated carbocycles. The summed E-state index contributed by atoms with van der Waals surface area (Å²) in [5, 5.41) is 13.3. The Morgan fingerprint density at radius 2 is 1.94 bits per heavy atom. The molecule has 0 atom stereocenters. The van der Waals surface area contributed by atoms with E-state index in [-0.39, 0.29) is 12.0 Å². The Morgan fingerprint density at radius 1 is 1.13 bits per heavy atom.